The van der Waals surface area contributed by atoms with E-state index in [1.165, 1.54) is 0 Å². The molecular formula is C16H18N4O2. The maximum Gasteiger partial charge on any atom is 0.248 e. The van der Waals surface area contributed by atoms with Crippen LogP contribution < -0.4 is 15.7 Å². The van der Waals surface area contributed by atoms with E-state index in [0.717, 1.165) is 34.2 Å². The highest BCUT2D eigenvalue weighted by Crippen LogP contribution is 2.28. The van der Waals surface area contributed by atoms with Crippen LogP contribution in [-0.4, -0.2) is 30.2 Å². The molecule has 0 saturated carbocycles. The lowest BCUT2D eigenvalue weighted by Crippen LogP contribution is -2.27. The molecule has 3 rings (SSSR count). The number of benzene rings is 1. The SMILES string of the molecule is CCc1cc(=O)[nH]c2c(C3=NCC(C)=NN3)c(OC)ccc12. The number of fused-ring (bicyclic) bond motifs is 1. The van der Waals surface area contributed by atoms with Crippen molar-refractivity contribution in [1.29, 1.82) is 0 Å². The molecule has 0 spiro atoms. The average Bonchev–Trinajstić information content (AvgIpc) is 2.53. The molecule has 0 bridgehead atoms. The molecule has 2 aromatic rings. The molecule has 6 heteroatoms. The number of hydrogen-bond acceptors (Lipinski definition) is 5. The molecule has 2 heterocycles. The van der Waals surface area contributed by atoms with Crippen molar-refractivity contribution in [3.05, 3.63) is 39.7 Å². The molecule has 0 atom stereocenters. The van der Waals surface area contributed by atoms with Gasteiger partial charge in [0.1, 0.15) is 5.75 Å². The fourth-order valence-electron chi connectivity index (χ4n) is 2.62. The van der Waals surface area contributed by atoms with E-state index < -0.39 is 0 Å². The Morgan fingerprint density at radius 3 is 2.82 bits per heavy atom. The van der Waals surface area contributed by atoms with Crippen molar-refractivity contribution in [2.24, 2.45) is 10.1 Å². The van der Waals surface area contributed by atoms with Gasteiger partial charge in [0.25, 0.3) is 0 Å². The first-order valence-corrected chi connectivity index (χ1v) is 7.21. The molecule has 2 N–H and O–H groups in total. The number of ether oxygens (including phenoxy) is 1. The topological polar surface area (TPSA) is 78.8 Å². The fraction of sp³-hybridized carbons (Fsp3) is 0.312. The van der Waals surface area contributed by atoms with Crippen LogP contribution in [0, 0.1) is 0 Å². The maximum absolute atomic E-state index is 12.0. The summed E-state index contributed by atoms with van der Waals surface area (Å²) in [4.78, 5) is 19.4. The molecule has 114 valence electrons. The summed E-state index contributed by atoms with van der Waals surface area (Å²) in [6.07, 6.45) is 0.781. The summed E-state index contributed by atoms with van der Waals surface area (Å²) in [5, 5.41) is 5.22. The van der Waals surface area contributed by atoms with Crippen LogP contribution in [0.2, 0.25) is 0 Å². The first kappa shape index (κ1) is 14.3. The Bertz CT molecular complexity index is 849. The number of pyridine rings is 1. The van der Waals surface area contributed by atoms with Gasteiger partial charge in [-0.25, -0.2) is 0 Å². The second kappa shape index (κ2) is 5.63. The first-order chi connectivity index (χ1) is 10.6. The number of hydrazone groups is 1. The minimum atomic E-state index is -0.130. The van der Waals surface area contributed by atoms with E-state index in [1.807, 2.05) is 26.0 Å². The number of amidine groups is 1. The molecule has 1 aliphatic heterocycles. The van der Waals surface area contributed by atoms with E-state index in [9.17, 15) is 4.79 Å². The predicted octanol–water partition coefficient (Wildman–Crippen LogP) is 1.82. The molecule has 0 amide bonds. The van der Waals surface area contributed by atoms with Crippen LogP contribution in [0.5, 0.6) is 5.75 Å². The monoisotopic (exact) mass is 298 g/mol. The second-order valence-corrected chi connectivity index (χ2v) is 5.20. The molecule has 0 unspecified atom stereocenters. The van der Waals surface area contributed by atoms with Crippen molar-refractivity contribution < 1.29 is 4.74 Å². The van der Waals surface area contributed by atoms with Gasteiger partial charge in [0.15, 0.2) is 5.84 Å². The van der Waals surface area contributed by atoms with Crippen LogP contribution in [0.15, 0.2) is 33.1 Å². The standard InChI is InChI=1S/C16H18N4O2/c1-4-10-7-13(21)18-15-11(10)5-6-12(22-3)14(15)16-17-8-9(2)19-20-16/h5-7H,4,8H2,1-3H3,(H,17,20)(H,18,21). The number of aromatic nitrogens is 1. The molecule has 0 aliphatic carbocycles. The van der Waals surface area contributed by atoms with Crippen LogP contribution in [-0.2, 0) is 6.42 Å². The highest BCUT2D eigenvalue weighted by atomic mass is 16.5. The first-order valence-electron chi connectivity index (χ1n) is 7.21. The number of methoxy groups -OCH3 is 1. The zero-order valence-corrected chi connectivity index (χ0v) is 12.9. The van der Waals surface area contributed by atoms with Crippen molar-refractivity contribution in [3.8, 4) is 5.75 Å². The number of nitrogens with zero attached hydrogens (tertiary/aromatic N) is 2. The Kier molecular flexibility index (Phi) is 3.66. The minimum absolute atomic E-state index is 0.130. The number of rotatable bonds is 3. The van der Waals surface area contributed by atoms with Gasteiger partial charge in [0.05, 0.1) is 30.4 Å². The van der Waals surface area contributed by atoms with Gasteiger partial charge < -0.3 is 9.72 Å². The largest absolute Gasteiger partial charge is 0.496 e. The third-order valence-electron chi connectivity index (χ3n) is 3.72. The fourth-order valence-corrected chi connectivity index (χ4v) is 2.62. The van der Waals surface area contributed by atoms with E-state index in [1.54, 1.807) is 13.2 Å². The normalized spacial score (nSPS) is 14.3. The third kappa shape index (κ3) is 2.36. The summed E-state index contributed by atoms with van der Waals surface area (Å²) < 4.78 is 5.46. The second-order valence-electron chi connectivity index (χ2n) is 5.20. The lowest BCUT2D eigenvalue weighted by molar-refractivity contribution is 0.414. The molecule has 22 heavy (non-hydrogen) atoms. The molecule has 1 aromatic heterocycles. The summed E-state index contributed by atoms with van der Waals surface area (Å²) >= 11 is 0. The van der Waals surface area contributed by atoms with Crippen LogP contribution in [0.3, 0.4) is 0 Å². The number of aryl methyl sites for hydroxylation is 1. The number of nitrogens with one attached hydrogen (secondary N) is 2. The van der Waals surface area contributed by atoms with E-state index >= 15 is 0 Å². The molecular weight excluding hydrogens is 280 g/mol. The molecule has 0 saturated heterocycles. The average molecular weight is 298 g/mol. The molecule has 6 nitrogen and oxygen atoms in total. The molecule has 0 radical (unpaired) electrons. The smallest absolute Gasteiger partial charge is 0.248 e. The zero-order chi connectivity index (χ0) is 15.7. The Morgan fingerprint density at radius 1 is 1.36 bits per heavy atom. The zero-order valence-electron chi connectivity index (χ0n) is 12.9. The summed E-state index contributed by atoms with van der Waals surface area (Å²) in [5.41, 5.74) is 6.19. The van der Waals surface area contributed by atoms with E-state index in [-0.39, 0.29) is 5.56 Å². The van der Waals surface area contributed by atoms with Crippen LogP contribution in [0.4, 0.5) is 0 Å². The Morgan fingerprint density at radius 2 is 2.18 bits per heavy atom. The maximum atomic E-state index is 12.0. The lowest BCUT2D eigenvalue weighted by Gasteiger charge is -2.17. The summed E-state index contributed by atoms with van der Waals surface area (Å²) in [6.45, 7) is 4.46. The summed E-state index contributed by atoms with van der Waals surface area (Å²) in [7, 11) is 1.60. The molecule has 0 fully saturated rings. The number of aliphatic imine (C=N–C) groups is 1. The number of hydrogen-bond donors (Lipinski definition) is 2. The number of H-pyrrole nitrogens is 1. The van der Waals surface area contributed by atoms with Gasteiger partial charge >= 0.3 is 0 Å². The van der Waals surface area contributed by atoms with Crippen molar-refractivity contribution in [1.82, 2.24) is 10.4 Å². The highest BCUT2D eigenvalue weighted by Gasteiger charge is 2.18. The van der Waals surface area contributed by atoms with E-state index in [0.29, 0.717) is 18.1 Å². The minimum Gasteiger partial charge on any atom is -0.496 e. The Hall–Kier alpha value is -2.63. The summed E-state index contributed by atoms with van der Waals surface area (Å²) in [5.74, 6) is 1.26. The van der Waals surface area contributed by atoms with Crippen molar-refractivity contribution in [2.75, 3.05) is 13.7 Å². The number of aromatic amines is 1. The van der Waals surface area contributed by atoms with Crippen LogP contribution in [0.1, 0.15) is 25.0 Å². The van der Waals surface area contributed by atoms with Crippen LogP contribution in [0.25, 0.3) is 10.9 Å². The van der Waals surface area contributed by atoms with Gasteiger partial charge in [-0.3, -0.25) is 15.2 Å². The van der Waals surface area contributed by atoms with Gasteiger partial charge in [-0.05, 0) is 31.0 Å². The third-order valence-corrected chi connectivity index (χ3v) is 3.72. The van der Waals surface area contributed by atoms with Gasteiger partial charge in [-0.15, -0.1) is 0 Å². The lowest BCUT2D eigenvalue weighted by atomic mass is 10.0. The van der Waals surface area contributed by atoms with Gasteiger partial charge in [-0.1, -0.05) is 6.92 Å². The predicted molar refractivity (Wildman–Crippen MR) is 88.1 cm³/mol. The Balaban J connectivity index is 2.31. The quantitative estimate of drug-likeness (QED) is 0.907. The van der Waals surface area contributed by atoms with Crippen molar-refractivity contribution in [2.45, 2.75) is 20.3 Å². The van der Waals surface area contributed by atoms with Gasteiger partial charge in [0.2, 0.25) is 5.56 Å². The van der Waals surface area contributed by atoms with Gasteiger partial charge in [0, 0.05) is 11.5 Å². The van der Waals surface area contributed by atoms with Crippen molar-refractivity contribution >= 4 is 22.5 Å². The van der Waals surface area contributed by atoms with E-state index in [4.69, 9.17) is 4.74 Å². The van der Waals surface area contributed by atoms with E-state index in [2.05, 4.69) is 20.5 Å². The molecule has 1 aliphatic rings. The van der Waals surface area contributed by atoms with Crippen LogP contribution >= 0.6 is 0 Å². The molecule has 1 aromatic carbocycles. The van der Waals surface area contributed by atoms with Crippen molar-refractivity contribution in [3.63, 3.8) is 0 Å². The Labute approximate surface area is 127 Å². The van der Waals surface area contributed by atoms with Gasteiger partial charge in [-0.2, -0.15) is 5.10 Å². The highest BCUT2D eigenvalue weighted by molar-refractivity contribution is 6.12. The summed E-state index contributed by atoms with van der Waals surface area (Å²) in [6, 6.07) is 5.49.